The van der Waals surface area contributed by atoms with Crippen molar-refractivity contribution >= 4 is 62.5 Å². The Kier molecular flexibility index (Phi) is 9.61. The minimum atomic E-state index is -2.03. The second-order valence-corrected chi connectivity index (χ2v) is 86.1. The van der Waals surface area contributed by atoms with Crippen molar-refractivity contribution in [2.75, 3.05) is 0 Å². The summed E-state index contributed by atoms with van der Waals surface area (Å²) < 4.78 is 0. The third-order valence-electron chi connectivity index (χ3n) is 10.6. The Bertz CT molecular complexity index is 1050. The first kappa shape index (κ1) is 36.8. The molecule has 0 amide bonds. The van der Waals surface area contributed by atoms with Crippen LogP contribution < -0.4 is 10.4 Å². The molecule has 0 saturated carbocycles. The summed E-state index contributed by atoms with van der Waals surface area (Å²) in [6.07, 6.45) is 0. The molecule has 0 aliphatic carbocycles. The van der Waals surface area contributed by atoms with Gasteiger partial charge in [-0.15, -0.1) is 0 Å². The Morgan fingerprint density at radius 3 is 0.714 bits per heavy atom. The Balaban J connectivity index is 2.67. The number of hydrogen-bond donors (Lipinski definition) is 0. The molecule has 6 heteroatoms. The number of hydrogen-bond acceptors (Lipinski definition) is 0. The second kappa shape index (κ2) is 11.0. The van der Waals surface area contributed by atoms with E-state index in [1.54, 1.807) is 0 Å². The summed E-state index contributed by atoms with van der Waals surface area (Å²) in [4.78, 5) is -3.82. The average Bonchev–Trinajstić information content (AvgIpc) is 2.72. The number of benzene rings is 2. The van der Waals surface area contributed by atoms with Crippen LogP contribution in [0, 0.1) is 0 Å². The fraction of sp³-hybridized carbons (Fsp3) is 0.667. The van der Waals surface area contributed by atoms with Crippen molar-refractivity contribution in [2.24, 2.45) is 0 Å². The molecule has 1 saturated heterocycles. The Hall–Kier alpha value is 0.346. The first-order chi connectivity index (χ1) is 18.6. The first-order valence-electron chi connectivity index (χ1n) is 16.1. The van der Waals surface area contributed by atoms with Crippen LogP contribution in [0.3, 0.4) is 0 Å². The SMILES string of the molecule is CC(C)(C)[Si](C(C)(C)C)(C(C)(C)C)[Si]1(c2ccccc2)[Se][Si](c2ccccc2)([Si](C(C)(C)C)(C(C)(C)C)C(C)(C)C)[Se]1. The molecule has 0 nitrogen and oxygen atoms in total. The quantitative estimate of drug-likeness (QED) is 0.272. The van der Waals surface area contributed by atoms with E-state index in [4.69, 9.17) is 0 Å². The third-order valence-corrected chi connectivity index (χ3v) is 157. The third kappa shape index (κ3) is 4.95. The zero-order valence-electron chi connectivity index (χ0n) is 30.6. The van der Waals surface area contributed by atoms with Gasteiger partial charge in [0.2, 0.25) is 0 Å². The van der Waals surface area contributed by atoms with E-state index in [2.05, 4.69) is 185 Å². The van der Waals surface area contributed by atoms with Crippen LogP contribution in [0.5, 0.6) is 0 Å². The van der Waals surface area contributed by atoms with Gasteiger partial charge in [0.05, 0.1) is 0 Å². The van der Waals surface area contributed by atoms with Gasteiger partial charge in [0.15, 0.2) is 0 Å². The van der Waals surface area contributed by atoms with E-state index < -0.39 is 24.8 Å². The predicted molar refractivity (Wildman–Crippen MR) is 205 cm³/mol. The van der Waals surface area contributed by atoms with Gasteiger partial charge >= 0.3 is 278 Å². The molecule has 1 heterocycles. The summed E-state index contributed by atoms with van der Waals surface area (Å²) in [5.41, 5.74) is 0. The molecule has 1 fully saturated rings. The van der Waals surface area contributed by atoms with Crippen molar-refractivity contribution in [3.05, 3.63) is 60.7 Å². The molecular formula is C36H64Se2Si4. The second-order valence-electron chi connectivity index (χ2n) is 19.2. The maximum atomic E-state index is 2.69. The van der Waals surface area contributed by atoms with Gasteiger partial charge in [-0.3, -0.25) is 0 Å². The van der Waals surface area contributed by atoms with Crippen molar-refractivity contribution in [1.29, 1.82) is 0 Å². The van der Waals surface area contributed by atoms with Crippen LogP contribution in [0.4, 0.5) is 0 Å². The topological polar surface area (TPSA) is 0 Å². The summed E-state index contributed by atoms with van der Waals surface area (Å²) in [6, 6.07) is 24.7. The van der Waals surface area contributed by atoms with Crippen molar-refractivity contribution < 1.29 is 0 Å². The molecule has 1 aliphatic rings. The van der Waals surface area contributed by atoms with Gasteiger partial charge in [-0.25, -0.2) is 0 Å². The summed E-state index contributed by atoms with van der Waals surface area (Å²) in [5.74, 6) is 0. The van der Waals surface area contributed by atoms with Gasteiger partial charge in [-0.2, -0.15) is 0 Å². The van der Waals surface area contributed by atoms with E-state index in [0.717, 1.165) is 0 Å². The molecule has 0 spiro atoms. The fourth-order valence-electron chi connectivity index (χ4n) is 12.4. The van der Waals surface area contributed by atoms with Crippen LogP contribution >= 0.6 is 0 Å². The van der Waals surface area contributed by atoms with Crippen molar-refractivity contribution in [2.45, 2.75) is 155 Å². The molecule has 0 unspecified atom stereocenters. The molecule has 0 atom stereocenters. The van der Waals surface area contributed by atoms with Crippen LogP contribution in [0.15, 0.2) is 60.7 Å². The van der Waals surface area contributed by atoms with Crippen molar-refractivity contribution in [1.82, 2.24) is 0 Å². The van der Waals surface area contributed by atoms with Crippen LogP contribution in [0.1, 0.15) is 125 Å². The molecule has 1 aliphatic heterocycles. The van der Waals surface area contributed by atoms with Crippen LogP contribution in [0.25, 0.3) is 0 Å². The van der Waals surface area contributed by atoms with E-state index in [0.29, 0.717) is 57.6 Å². The van der Waals surface area contributed by atoms with E-state index in [9.17, 15) is 0 Å². The van der Waals surface area contributed by atoms with E-state index in [1.165, 1.54) is 0 Å². The van der Waals surface area contributed by atoms with Gasteiger partial charge in [-0.05, 0) is 0 Å². The standard InChI is InChI=1S/C36H64Se2Si4/c1-31(2,3)41(32(4,5)6,33(7,8)9)39(29-25-21-19-22-26-29)37-40(38-39,30-27-23-20-24-28-30)42(34(10,11)12,35(13,14)15)36(16,17)18/h19-28H,1-18H3. The molecule has 0 bridgehead atoms. The summed E-state index contributed by atoms with van der Waals surface area (Å²) in [6.45, 7) is 48.3. The van der Waals surface area contributed by atoms with Gasteiger partial charge in [0.25, 0.3) is 0 Å². The zero-order chi connectivity index (χ0) is 32.6. The molecule has 0 aromatic heterocycles. The molecule has 236 valence electrons. The summed E-state index contributed by atoms with van der Waals surface area (Å²) in [5, 5.41) is 5.61. The van der Waals surface area contributed by atoms with Crippen molar-refractivity contribution in [3.8, 4) is 0 Å². The molecule has 3 rings (SSSR count). The molecule has 2 aromatic carbocycles. The monoisotopic (exact) mass is 768 g/mol. The zero-order valence-corrected chi connectivity index (χ0v) is 38.0. The van der Waals surface area contributed by atoms with Gasteiger partial charge < -0.3 is 0 Å². The van der Waals surface area contributed by atoms with Crippen LogP contribution in [-0.2, 0) is 0 Å². The average molecular weight is 767 g/mol. The Morgan fingerprint density at radius 2 is 0.548 bits per heavy atom. The van der Waals surface area contributed by atoms with Gasteiger partial charge in [-0.1, -0.05) is 0 Å². The Labute approximate surface area is 276 Å². The maximum absolute atomic E-state index is 2.69. The van der Waals surface area contributed by atoms with Gasteiger partial charge in [0, 0.05) is 0 Å². The first-order valence-corrected chi connectivity index (χ1v) is 36.0. The van der Waals surface area contributed by atoms with Crippen molar-refractivity contribution in [3.63, 3.8) is 0 Å². The molecule has 0 radical (unpaired) electrons. The van der Waals surface area contributed by atoms with Crippen LogP contribution in [-0.4, -0.2) is 52.1 Å². The number of rotatable bonds is 4. The normalized spacial score (nSPS) is 23.5. The summed E-state index contributed by atoms with van der Waals surface area (Å²) in [7, 11) is -4.07. The van der Waals surface area contributed by atoms with Crippen LogP contribution in [0.2, 0.25) is 30.2 Å². The van der Waals surface area contributed by atoms with E-state index >= 15 is 0 Å². The minimum absolute atomic E-state index is 0.321. The Morgan fingerprint density at radius 1 is 0.357 bits per heavy atom. The van der Waals surface area contributed by atoms with Gasteiger partial charge in [0.1, 0.15) is 0 Å². The molecular weight excluding hydrogens is 703 g/mol. The summed E-state index contributed by atoms with van der Waals surface area (Å²) >= 11 is 1.34. The molecule has 0 N–H and O–H groups in total. The fourth-order valence-corrected chi connectivity index (χ4v) is 310. The molecule has 42 heavy (non-hydrogen) atoms. The predicted octanol–water partition coefficient (Wildman–Crippen LogP) is 9.96. The van der Waals surface area contributed by atoms with E-state index in [1.807, 2.05) is 10.4 Å². The van der Waals surface area contributed by atoms with E-state index in [-0.39, 0.29) is 0 Å². The molecule has 2 aromatic rings.